The van der Waals surface area contributed by atoms with Crippen LogP contribution in [0.15, 0.2) is 52.6 Å². The Balaban J connectivity index is 1.59. The van der Waals surface area contributed by atoms with Crippen molar-refractivity contribution in [2.75, 3.05) is 5.32 Å². The Labute approximate surface area is 160 Å². The minimum absolute atomic E-state index is 0.113. The number of rotatable bonds is 6. The Morgan fingerprint density at radius 3 is 2.85 bits per heavy atom. The number of nitrogens with zero attached hydrogens (tertiary/aromatic N) is 2. The molecule has 134 valence electrons. The van der Waals surface area contributed by atoms with E-state index in [9.17, 15) is 9.59 Å². The van der Waals surface area contributed by atoms with E-state index < -0.39 is 0 Å². The third-order valence-electron chi connectivity index (χ3n) is 3.96. The molecule has 0 bridgehead atoms. The highest BCUT2D eigenvalue weighted by molar-refractivity contribution is 7.13. The highest BCUT2D eigenvalue weighted by atomic mass is 35.5. The van der Waals surface area contributed by atoms with Gasteiger partial charge in [0.1, 0.15) is 5.69 Å². The van der Waals surface area contributed by atoms with Gasteiger partial charge in [0, 0.05) is 29.7 Å². The first-order valence-corrected chi connectivity index (χ1v) is 9.47. The van der Waals surface area contributed by atoms with Gasteiger partial charge in [0.2, 0.25) is 5.91 Å². The fraction of sp³-hybridized carbons (Fsp3) is 0.211. The van der Waals surface area contributed by atoms with E-state index in [2.05, 4.69) is 10.4 Å². The number of hydrogen-bond donors (Lipinski definition) is 1. The molecule has 7 heteroatoms. The molecule has 26 heavy (non-hydrogen) atoms. The number of aromatic nitrogens is 2. The Morgan fingerprint density at radius 2 is 2.08 bits per heavy atom. The quantitative estimate of drug-likeness (QED) is 0.683. The maximum Gasteiger partial charge on any atom is 0.266 e. The van der Waals surface area contributed by atoms with Crippen LogP contribution in [0.25, 0.3) is 10.6 Å². The molecule has 2 heterocycles. The molecule has 3 rings (SSSR count). The topological polar surface area (TPSA) is 64.0 Å². The molecule has 1 N–H and O–H groups in total. The predicted molar refractivity (Wildman–Crippen MR) is 106 cm³/mol. The molecule has 0 radical (unpaired) electrons. The highest BCUT2D eigenvalue weighted by Gasteiger charge is 2.08. The summed E-state index contributed by atoms with van der Waals surface area (Å²) in [5.41, 5.74) is 2.14. The zero-order valence-corrected chi connectivity index (χ0v) is 15.8. The fourth-order valence-corrected chi connectivity index (χ4v) is 3.37. The zero-order valence-electron chi connectivity index (χ0n) is 14.2. The number of anilines is 1. The molecule has 0 saturated heterocycles. The molecule has 0 saturated carbocycles. The van der Waals surface area contributed by atoms with Crippen LogP contribution in [0.4, 0.5) is 5.69 Å². The van der Waals surface area contributed by atoms with Crippen molar-refractivity contribution in [3.05, 3.63) is 68.8 Å². The third-order valence-corrected chi connectivity index (χ3v) is 5.26. The number of carbonyl (C=O) groups excluding carboxylic acids is 1. The smallest absolute Gasteiger partial charge is 0.266 e. The van der Waals surface area contributed by atoms with Gasteiger partial charge in [-0.25, -0.2) is 4.68 Å². The number of benzene rings is 1. The monoisotopic (exact) mass is 387 g/mol. The third kappa shape index (κ3) is 4.39. The first-order valence-electron chi connectivity index (χ1n) is 8.21. The number of nitrogens with one attached hydrogen (secondary N) is 1. The average molecular weight is 388 g/mol. The van der Waals surface area contributed by atoms with Crippen LogP contribution in [0, 0.1) is 6.92 Å². The lowest BCUT2D eigenvalue weighted by atomic mass is 10.2. The van der Waals surface area contributed by atoms with E-state index in [1.165, 1.54) is 10.7 Å². The first kappa shape index (κ1) is 18.4. The second kappa shape index (κ2) is 8.29. The van der Waals surface area contributed by atoms with Crippen LogP contribution in [0.1, 0.15) is 18.4 Å². The molecule has 3 aromatic rings. The van der Waals surface area contributed by atoms with Gasteiger partial charge >= 0.3 is 0 Å². The minimum Gasteiger partial charge on any atom is -0.326 e. The number of carbonyl (C=O) groups is 1. The summed E-state index contributed by atoms with van der Waals surface area (Å²) in [6.45, 7) is 2.25. The summed E-state index contributed by atoms with van der Waals surface area (Å²) in [7, 11) is 0. The van der Waals surface area contributed by atoms with Gasteiger partial charge < -0.3 is 5.32 Å². The summed E-state index contributed by atoms with van der Waals surface area (Å²) in [6, 6.07) is 12.5. The van der Waals surface area contributed by atoms with Gasteiger partial charge in [0.05, 0.1) is 4.88 Å². The van der Waals surface area contributed by atoms with Gasteiger partial charge in [-0.2, -0.15) is 5.10 Å². The Hall–Kier alpha value is -2.44. The van der Waals surface area contributed by atoms with Gasteiger partial charge in [-0.3, -0.25) is 9.59 Å². The number of aryl methyl sites for hydroxylation is 1. The second-order valence-corrected chi connectivity index (χ2v) is 7.18. The molecule has 0 spiro atoms. The summed E-state index contributed by atoms with van der Waals surface area (Å²) in [5, 5.41) is 9.82. The normalized spacial score (nSPS) is 10.7. The molecule has 0 aliphatic rings. The molecule has 0 fully saturated rings. The Bertz CT molecular complexity index is 967. The second-order valence-electron chi connectivity index (χ2n) is 5.82. The van der Waals surface area contributed by atoms with Gasteiger partial charge in [-0.1, -0.05) is 23.7 Å². The van der Waals surface area contributed by atoms with Crippen molar-refractivity contribution in [3.63, 3.8) is 0 Å². The molecule has 1 amide bonds. The van der Waals surface area contributed by atoms with E-state index in [1.54, 1.807) is 29.5 Å². The first-order chi connectivity index (χ1) is 12.5. The van der Waals surface area contributed by atoms with E-state index in [-0.39, 0.29) is 11.5 Å². The number of amides is 1. The van der Waals surface area contributed by atoms with Gasteiger partial charge in [-0.15, -0.1) is 11.3 Å². The van der Waals surface area contributed by atoms with Crippen LogP contribution in [0.5, 0.6) is 0 Å². The summed E-state index contributed by atoms with van der Waals surface area (Å²) in [6.07, 6.45) is 0.815. The molecule has 0 aliphatic carbocycles. The van der Waals surface area contributed by atoms with Gasteiger partial charge in [0.15, 0.2) is 0 Å². The molecule has 0 atom stereocenters. The van der Waals surface area contributed by atoms with Crippen LogP contribution >= 0.6 is 22.9 Å². The van der Waals surface area contributed by atoms with Crippen LogP contribution in [0.2, 0.25) is 5.02 Å². The molecule has 0 aliphatic heterocycles. The van der Waals surface area contributed by atoms with Crippen molar-refractivity contribution in [3.8, 4) is 10.6 Å². The van der Waals surface area contributed by atoms with E-state index in [0.717, 1.165) is 16.1 Å². The van der Waals surface area contributed by atoms with E-state index in [1.807, 2.05) is 30.5 Å². The summed E-state index contributed by atoms with van der Waals surface area (Å²) < 4.78 is 1.41. The summed E-state index contributed by atoms with van der Waals surface area (Å²) in [4.78, 5) is 25.1. The zero-order chi connectivity index (χ0) is 18.5. The molecular weight excluding hydrogens is 370 g/mol. The maximum atomic E-state index is 12.1. The Morgan fingerprint density at radius 1 is 1.23 bits per heavy atom. The number of halogens is 1. The molecule has 0 unspecified atom stereocenters. The molecule has 1 aromatic carbocycles. The van der Waals surface area contributed by atoms with Crippen molar-refractivity contribution >= 4 is 34.5 Å². The predicted octanol–water partition coefficient (Wildman–Crippen LogP) is 4.35. The minimum atomic E-state index is -0.170. The number of hydrogen-bond acceptors (Lipinski definition) is 4. The van der Waals surface area contributed by atoms with Crippen LogP contribution in [0.3, 0.4) is 0 Å². The highest BCUT2D eigenvalue weighted by Crippen LogP contribution is 2.23. The van der Waals surface area contributed by atoms with Gasteiger partial charge in [0.25, 0.3) is 5.56 Å². The average Bonchev–Trinajstić information content (AvgIpc) is 3.15. The largest absolute Gasteiger partial charge is 0.326 e. The lowest BCUT2D eigenvalue weighted by Gasteiger charge is -2.10. The maximum absolute atomic E-state index is 12.1. The summed E-state index contributed by atoms with van der Waals surface area (Å²) in [5.74, 6) is -0.113. The SMILES string of the molecule is Cc1c(Cl)cccc1NC(=O)CCCn1nc(-c2cccs2)ccc1=O. The van der Waals surface area contributed by atoms with E-state index in [4.69, 9.17) is 11.6 Å². The van der Waals surface area contributed by atoms with Crippen molar-refractivity contribution in [1.29, 1.82) is 0 Å². The fourth-order valence-electron chi connectivity index (χ4n) is 2.51. The number of thiophene rings is 1. The standard InChI is InChI=1S/C19H18ClN3O2S/c1-13-14(20)5-2-6-15(13)21-18(24)8-3-11-23-19(25)10-9-16(22-23)17-7-4-12-26-17/h2,4-7,9-10,12H,3,8,11H2,1H3,(H,21,24). The van der Waals surface area contributed by atoms with Crippen molar-refractivity contribution in [1.82, 2.24) is 9.78 Å². The van der Waals surface area contributed by atoms with E-state index in [0.29, 0.717) is 30.1 Å². The van der Waals surface area contributed by atoms with Crippen LogP contribution in [-0.2, 0) is 11.3 Å². The van der Waals surface area contributed by atoms with Crippen LogP contribution < -0.4 is 10.9 Å². The van der Waals surface area contributed by atoms with Crippen molar-refractivity contribution in [2.45, 2.75) is 26.3 Å². The van der Waals surface area contributed by atoms with Crippen LogP contribution in [-0.4, -0.2) is 15.7 Å². The lowest BCUT2D eigenvalue weighted by Crippen LogP contribution is -2.23. The van der Waals surface area contributed by atoms with Gasteiger partial charge in [-0.05, 0) is 48.6 Å². The molecular formula is C19H18ClN3O2S. The molecule has 2 aromatic heterocycles. The van der Waals surface area contributed by atoms with Crippen molar-refractivity contribution in [2.24, 2.45) is 0 Å². The summed E-state index contributed by atoms with van der Waals surface area (Å²) >= 11 is 7.63. The van der Waals surface area contributed by atoms with Crippen molar-refractivity contribution < 1.29 is 4.79 Å². The lowest BCUT2D eigenvalue weighted by molar-refractivity contribution is -0.116. The molecule has 5 nitrogen and oxygen atoms in total. The Kier molecular flexibility index (Phi) is 5.85. The van der Waals surface area contributed by atoms with E-state index >= 15 is 0 Å².